The van der Waals surface area contributed by atoms with E-state index in [2.05, 4.69) is 34.5 Å². The lowest BCUT2D eigenvalue weighted by Gasteiger charge is -2.25. The number of hydrogen-bond donors (Lipinski definition) is 1. The summed E-state index contributed by atoms with van der Waals surface area (Å²) >= 11 is 0. The standard InChI is InChI=1S/C19H25N5O2/c1-13-15-8-5-4-7-14(15)11-16(13)18(25)23(2)9-6-10-24(3)19(26)17-12-20-22-21-17/h4-5,7-8,12-13,16H,6,9-11H2,1-3H3,(H,20,21,22). The molecular formula is C19H25N5O2. The molecule has 0 bridgehead atoms. The Labute approximate surface area is 153 Å². The summed E-state index contributed by atoms with van der Waals surface area (Å²) in [5.74, 6) is 0.260. The molecule has 2 atom stereocenters. The maximum atomic E-state index is 12.8. The topological polar surface area (TPSA) is 82.2 Å². The van der Waals surface area contributed by atoms with Crippen LogP contribution in [0.25, 0.3) is 0 Å². The van der Waals surface area contributed by atoms with Gasteiger partial charge in [-0.15, -0.1) is 0 Å². The van der Waals surface area contributed by atoms with Gasteiger partial charge in [-0.3, -0.25) is 9.59 Å². The highest BCUT2D eigenvalue weighted by molar-refractivity contribution is 5.91. The summed E-state index contributed by atoms with van der Waals surface area (Å²) in [5, 5.41) is 9.88. The molecule has 0 radical (unpaired) electrons. The van der Waals surface area contributed by atoms with Gasteiger partial charge in [0, 0.05) is 33.1 Å². The molecule has 1 N–H and O–H groups in total. The lowest BCUT2D eigenvalue weighted by molar-refractivity contribution is -0.134. The molecular weight excluding hydrogens is 330 g/mol. The summed E-state index contributed by atoms with van der Waals surface area (Å²) in [5.41, 5.74) is 2.87. The summed E-state index contributed by atoms with van der Waals surface area (Å²) in [6.45, 7) is 3.31. The lowest BCUT2D eigenvalue weighted by atomic mass is 9.93. The van der Waals surface area contributed by atoms with Gasteiger partial charge in [0.15, 0.2) is 5.69 Å². The Balaban J connectivity index is 1.49. The molecule has 2 aromatic rings. The fraction of sp³-hybridized carbons (Fsp3) is 0.474. The first-order chi connectivity index (χ1) is 12.5. The van der Waals surface area contributed by atoms with Gasteiger partial charge in [0.2, 0.25) is 5.91 Å². The number of carbonyl (C=O) groups is 2. The van der Waals surface area contributed by atoms with Gasteiger partial charge in [-0.2, -0.15) is 15.4 Å². The molecule has 2 amide bonds. The van der Waals surface area contributed by atoms with Gasteiger partial charge < -0.3 is 9.80 Å². The first-order valence-corrected chi connectivity index (χ1v) is 8.93. The van der Waals surface area contributed by atoms with E-state index in [0.29, 0.717) is 18.8 Å². The number of nitrogens with zero attached hydrogens (tertiary/aromatic N) is 4. The largest absolute Gasteiger partial charge is 0.345 e. The summed E-state index contributed by atoms with van der Waals surface area (Å²) in [4.78, 5) is 28.4. The van der Waals surface area contributed by atoms with Crippen molar-refractivity contribution < 1.29 is 9.59 Å². The Bertz CT molecular complexity index is 774. The van der Waals surface area contributed by atoms with Gasteiger partial charge in [-0.1, -0.05) is 31.2 Å². The zero-order valence-electron chi connectivity index (χ0n) is 15.5. The van der Waals surface area contributed by atoms with E-state index >= 15 is 0 Å². The Hall–Kier alpha value is -2.70. The molecule has 1 aliphatic rings. The maximum absolute atomic E-state index is 12.8. The van der Waals surface area contributed by atoms with Crippen LogP contribution in [-0.4, -0.2) is 64.2 Å². The van der Waals surface area contributed by atoms with E-state index in [1.165, 1.54) is 17.3 Å². The molecule has 3 rings (SSSR count). The third-order valence-electron chi connectivity index (χ3n) is 5.25. The second kappa shape index (κ2) is 7.68. The fourth-order valence-electron chi connectivity index (χ4n) is 3.64. The van der Waals surface area contributed by atoms with Crippen molar-refractivity contribution in [2.24, 2.45) is 5.92 Å². The van der Waals surface area contributed by atoms with Crippen LogP contribution >= 0.6 is 0 Å². The predicted octanol–water partition coefficient (Wildman–Crippen LogP) is 1.70. The van der Waals surface area contributed by atoms with E-state index in [1.807, 2.05) is 19.2 Å². The number of nitrogens with one attached hydrogen (secondary N) is 1. The van der Waals surface area contributed by atoms with Gasteiger partial charge >= 0.3 is 0 Å². The second-order valence-corrected chi connectivity index (χ2v) is 6.99. The molecule has 0 saturated heterocycles. The number of H-pyrrole nitrogens is 1. The van der Waals surface area contributed by atoms with Gasteiger partial charge in [0.05, 0.1) is 6.20 Å². The number of aromatic amines is 1. The van der Waals surface area contributed by atoms with Crippen LogP contribution in [0.1, 0.15) is 40.9 Å². The second-order valence-electron chi connectivity index (χ2n) is 6.99. The van der Waals surface area contributed by atoms with Crippen molar-refractivity contribution >= 4 is 11.8 Å². The first-order valence-electron chi connectivity index (χ1n) is 8.93. The van der Waals surface area contributed by atoms with E-state index in [-0.39, 0.29) is 23.7 Å². The van der Waals surface area contributed by atoms with Crippen molar-refractivity contribution in [2.45, 2.75) is 25.7 Å². The molecule has 138 valence electrons. The van der Waals surface area contributed by atoms with Crippen LogP contribution in [0.4, 0.5) is 0 Å². The quantitative estimate of drug-likeness (QED) is 0.855. The summed E-state index contributed by atoms with van der Waals surface area (Å²) in [6, 6.07) is 8.30. The van der Waals surface area contributed by atoms with Crippen LogP contribution < -0.4 is 0 Å². The summed E-state index contributed by atoms with van der Waals surface area (Å²) in [7, 11) is 3.58. The zero-order chi connectivity index (χ0) is 18.7. The van der Waals surface area contributed by atoms with Crippen LogP contribution in [0.5, 0.6) is 0 Å². The molecule has 1 aliphatic carbocycles. The van der Waals surface area contributed by atoms with E-state index < -0.39 is 0 Å². The van der Waals surface area contributed by atoms with Gasteiger partial charge in [-0.05, 0) is 29.9 Å². The normalized spacial score (nSPS) is 18.4. The van der Waals surface area contributed by atoms with Crippen LogP contribution in [0.2, 0.25) is 0 Å². The third kappa shape index (κ3) is 3.61. The van der Waals surface area contributed by atoms with Crippen LogP contribution in [0, 0.1) is 5.92 Å². The molecule has 0 fully saturated rings. The monoisotopic (exact) mass is 355 g/mol. The van der Waals surface area contributed by atoms with E-state index in [0.717, 1.165) is 12.8 Å². The lowest BCUT2D eigenvalue weighted by Crippen LogP contribution is -2.37. The molecule has 0 spiro atoms. The Morgan fingerprint density at radius 3 is 2.62 bits per heavy atom. The fourth-order valence-corrected chi connectivity index (χ4v) is 3.64. The smallest absolute Gasteiger partial charge is 0.275 e. The van der Waals surface area contributed by atoms with Crippen molar-refractivity contribution in [2.75, 3.05) is 27.2 Å². The Morgan fingerprint density at radius 2 is 1.92 bits per heavy atom. The molecule has 1 aromatic heterocycles. The highest BCUT2D eigenvalue weighted by Gasteiger charge is 2.35. The maximum Gasteiger partial charge on any atom is 0.275 e. The molecule has 7 nitrogen and oxygen atoms in total. The predicted molar refractivity (Wildman–Crippen MR) is 97.6 cm³/mol. The minimum atomic E-state index is -0.174. The highest BCUT2D eigenvalue weighted by atomic mass is 16.2. The summed E-state index contributed by atoms with van der Waals surface area (Å²) < 4.78 is 0. The van der Waals surface area contributed by atoms with E-state index in [9.17, 15) is 9.59 Å². The average molecular weight is 355 g/mol. The molecule has 1 aromatic carbocycles. The Morgan fingerprint density at radius 1 is 1.19 bits per heavy atom. The number of amides is 2. The van der Waals surface area contributed by atoms with Crippen molar-refractivity contribution in [3.8, 4) is 0 Å². The number of hydrogen-bond acceptors (Lipinski definition) is 4. The zero-order valence-corrected chi connectivity index (χ0v) is 15.5. The molecule has 1 heterocycles. The minimum Gasteiger partial charge on any atom is -0.345 e. The van der Waals surface area contributed by atoms with Gasteiger partial charge in [0.1, 0.15) is 0 Å². The number of aromatic nitrogens is 3. The van der Waals surface area contributed by atoms with Crippen molar-refractivity contribution in [3.63, 3.8) is 0 Å². The van der Waals surface area contributed by atoms with E-state index in [4.69, 9.17) is 0 Å². The van der Waals surface area contributed by atoms with Crippen LogP contribution in [0.15, 0.2) is 30.5 Å². The number of benzene rings is 1. The highest BCUT2D eigenvalue weighted by Crippen LogP contribution is 2.38. The summed E-state index contributed by atoms with van der Waals surface area (Å²) in [6.07, 6.45) is 2.94. The molecule has 26 heavy (non-hydrogen) atoms. The molecule has 7 heteroatoms. The van der Waals surface area contributed by atoms with Crippen molar-refractivity contribution in [1.82, 2.24) is 25.2 Å². The average Bonchev–Trinajstić information content (AvgIpc) is 3.29. The van der Waals surface area contributed by atoms with Crippen molar-refractivity contribution in [3.05, 3.63) is 47.3 Å². The minimum absolute atomic E-state index is 0.00638. The number of rotatable bonds is 6. The third-order valence-corrected chi connectivity index (χ3v) is 5.25. The van der Waals surface area contributed by atoms with Crippen LogP contribution in [0.3, 0.4) is 0 Å². The van der Waals surface area contributed by atoms with Gasteiger partial charge in [-0.25, -0.2) is 0 Å². The Kier molecular flexibility index (Phi) is 5.35. The van der Waals surface area contributed by atoms with Crippen LogP contribution in [-0.2, 0) is 11.2 Å². The number of carbonyl (C=O) groups excluding carboxylic acids is 2. The molecule has 0 aliphatic heterocycles. The first kappa shape index (κ1) is 18.1. The van der Waals surface area contributed by atoms with Crippen molar-refractivity contribution in [1.29, 1.82) is 0 Å². The SMILES string of the molecule is CC1c2ccccc2CC1C(=O)N(C)CCCN(C)C(=O)c1cn[nH]n1. The molecule has 2 unspecified atom stereocenters. The number of fused-ring (bicyclic) bond motifs is 1. The molecule has 0 saturated carbocycles. The van der Waals surface area contributed by atoms with Gasteiger partial charge in [0.25, 0.3) is 5.91 Å². The van der Waals surface area contributed by atoms with E-state index in [1.54, 1.807) is 16.8 Å².